The van der Waals surface area contributed by atoms with Crippen LogP contribution in [0.4, 0.5) is 5.82 Å². The summed E-state index contributed by atoms with van der Waals surface area (Å²) in [7, 11) is 0. The van der Waals surface area contributed by atoms with Gasteiger partial charge in [-0.05, 0) is 44.2 Å². The van der Waals surface area contributed by atoms with E-state index < -0.39 is 0 Å². The zero-order chi connectivity index (χ0) is 17.3. The predicted molar refractivity (Wildman–Crippen MR) is 120 cm³/mol. The van der Waals surface area contributed by atoms with Gasteiger partial charge in [0.2, 0.25) is 0 Å². The van der Waals surface area contributed by atoms with Crippen molar-refractivity contribution in [2.75, 3.05) is 24.5 Å². The molecule has 5 nitrogen and oxygen atoms in total. The summed E-state index contributed by atoms with van der Waals surface area (Å²) >= 11 is 0. The van der Waals surface area contributed by atoms with Crippen molar-refractivity contribution in [3.63, 3.8) is 0 Å². The van der Waals surface area contributed by atoms with Crippen LogP contribution in [0, 0.1) is 0 Å². The van der Waals surface area contributed by atoms with Gasteiger partial charge in [0.15, 0.2) is 5.96 Å². The van der Waals surface area contributed by atoms with E-state index in [9.17, 15) is 0 Å². The fourth-order valence-electron chi connectivity index (χ4n) is 3.42. The second-order valence-corrected chi connectivity index (χ2v) is 6.91. The van der Waals surface area contributed by atoms with Crippen LogP contribution in [0.1, 0.15) is 51.0 Å². The number of aliphatic imine (C=N–C) groups is 1. The summed E-state index contributed by atoms with van der Waals surface area (Å²) in [4.78, 5) is 11.8. The molecule has 0 bridgehead atoms. The molecule has 0 unspecified atom stereocenters. The Bertz CT molecular complexity index is 568. The number of hydrogen-bond donors (Lipinski definition) is 2. The standard InChI is InChI=1S/C20H31N5.HI/c1-2-21-20(24-18-9-5-6-10-18)23-16-17-11-12-19(22-15-17)25-13-7-3-4-8-14-25;/h5-6,11-12,15,18H,2-4,7-10,13-14,16H2,1H3,(H2,21,23,24);1H. The molecule has 1 saturated heterocycles. The van der Waals surface area contributed by atoms with Gasteiger partial charge in [-0.1, -0.05) is 31.1 Å². The third-order valence-electron chi connectivity index (χ3n) is 4.85. The third kappa shape index (κ3) is 6.45. The Labute approximate surface area is 174 Å². The smallest absolute Gasteiger partial charge is 0.191 e. The Morgan fingerprint density at radius 2 is 1.88 bits per heavy atom. The lowest BCUT2D eigenvalue weighted by Gasteiger charge is -2.21. The van der Waals surface area contributed by atoms with E-state index in [-0.39, 0.29) is 24.0 Å². The molecule has 0 aromatic carbocycles. The molecule has 1 fully saturated rings. The predicted octanol–water partition coefficient (Wildman–Crippen LogP) is 3.85. The summed E-state index contributed by atoms with van der Waals surface area (Å²) < 4.78 is 0. The molecule has 3 rings (SSSR count). The van der Waals surface area contributed by atoms with Crippen LogP contribution in [-0.2, 0) is 6.54 Å². The average Bonchev–Trinajstić information content (AvgIpc) is 3.00. The van der Waals surface area contributed by atoms with Gasteiger partial charge < -0.3 is 15.5 Å². The first-order valence-corrected chi connectivity index (χ1v) is 9.75. The van der Waals surface area contributed by atoms with Crippen LogP contribution in [0.3, 0.4) is 0 Å². The normalized spacial score (nSPS) is 18.3. The second kappa shape index (κ2) is 11.4. The average molecular weight is 469 g/mol. The lowest BCUT2D eigenvalue weighted by molar-refractivity contribution is 0.633. The number of anilines is 1. The van der Waals surface area contributed by atoms with Crippen molar-refractivity contribution in [3.05, 3.63) is 36.0 Å². The van der Waals surface area contributed by atoms with E-state index in [0.29, 0.717) is 12.6 Å². The Morgan fingerprint density at radius 1 is 1.15 bits per heavy atom. The highest BCUT2D eigenvalue weighted by Gasteiger charge is 2.12. The van der Waals surface area contributed by atoms with Gasteiger partial charge >= 0.3 is 0 Å². The van der Waals surface area contributed by atoms with E-state index in [1.54, 1.807) is 0 Å². The summed E-state index contributed by atoms with van der Waals surface area (Å²) in [5.41, 5.74) is 1.15. The second-order valence-electron chi connectivity index (χ2n) is 6.91. The summed E-state index contributed by atoms with van der Waals surface area (Å²) in [5, 5.41) is 6.84. The SMILES string of the molecule is CCNC(=NCc1ccc(N2CCCCCC2)nc1)NC1CC=CC1.I. The maximum absolute atomic E-state index is 4.72. The molecule has 1 aromatic heterocycles. The van der Waals surface area contributed by atoms with Crippen LogP contribution >= 0.6 is 24.0 Å². The Balaban J connectivity index is 0.00000243. The van der Waals surface area contributed by atoms with Gasteiger partial charge in [-0.25, -0.2) is 9.98 Å². The molecule has 1 aliphatic carbocycles. The van der Waals surface area contributed by atoms with Gasteiger partial charge in [0.25, 0.3) is 0 Å². The van der Waals surface area contributed by atoms with Gasteiger partial charge in [0.1, 0.15) is 5.82 Å². The maximum Gasteiger partial charge on any atom is 0.191 e. The minimum atomic E-state index is 0. The topological polar surface area (TPSA) is 52.6 Å². The molecule has 1 aromatic rings. The van der Waals surface area contributed by atoms with Crippen molar-refractivity contribution in [3.8, 4) is 0 Å². The van der Waals surface area contributed by atoms with Crippen LogP contribution < -0.4 is 15.5 Å². The zero-order valence-corrected chi connectivity index (χ0v) is 18.1. The molecule has 2 N–H and O–H groups in total. The van der Waals surface area contributed by atoms with Crippen LogP contribution in [0.25, 0.3) is 0 Å². The zero-order valence-electron chi connectivity index (χ0n) is 15.8. The van der Waals surface area contributed by atoms with Crippen LogP contribution in [-0.4, -0.2) is 36.6 Å². The van der Waals surface area contributed by atoms with Crippen molar-refractivity contribution >= 4 is 35.8 Å². The monoisotopic (exact) mass is 469 g/mol. The first-order valence-electron chi connectivity index (χ1n) is 9.75. The molecule has 0 amide bonds. The maximum atomic E-state index is 4.72. The fraction of sp³-hybridized carbons (Fsp3) is 0.600. The highest BCUT2D eigenvalue weighted by Crippen LogP contribution is 2.17. The number of aromatic nitrogens is 1. The lowest BCUT2D eigenvalue weighted by Crippen LogP contribution is -2.42. The van der Waals surface area contributed by atoms with E-state index in [2.05, 4.69) is 51.7 Å². The minimum absolute atomic E-state index is 0. The van der Waals surface area contributed by atoms with Crippen LogP contribution in [0.5, 0.6) is 0 Å². The first-order chi connectivity index (χ1) is 12.3. The highest BCUT2D eigenvalue weighted by atomic mass is 127. The van der Waals surface area contributed by atoms with Crippen LogP contribution in [0.15, 0.2) is 35.5 Å². The van der Waals surface area contributed by atoms with Crippen molar-refractivity contribution < 1.29 is 0 Å². The van der Waals surface area contributed by atoms with Gasteiger partial charge in [-0.2, -0.15) is 0 Å². The molecule has 0 saturated carbocycles. The molecular formula is C20H32IN5. The van der Waals surface area contributed by atoms with Crippen molar-refractivity contribution in [1.82, 2.24) is 15.6 Å². The first kappa shape index (κ1) is 21.0. The van der Waals surface area contributed by atoms with E-state index in [1.807, 2.05) is 6.20 Å². The number of hydrogen-bond acceptors (Lipinski definition) is 3. The van der Waals surface area contributed by atoms with E-state index in [1.165, 1.54) is 25.7 Å². The third-order valence-corrected chi connectivity index (χ3v) is 4.85. The number of halogens is 1. The summed E-state index contributed by atoms with van der Waals surface area (Å²) in [6, 6.07) is 4.79. The lowest BCUT2D eigenvalue weighted by atomic mass is 10.2. The molecule has 0 radical (unpaired) electrons. The van der Waals surface area contributed by atoms with Crippen molar-refractivity contribution in [2.45, 2.75) is 58.0 Å². The van der Waals surface area contributed by atoms with Gasteiger partial charge in [0, 0.05) is 31.9 Å². The Morgan fingerprint density at radius 3 is 2.50 bits per heavy atom. The van der Waals surface area contributed by atoms with Crippen molar-refractivity contribution in [2.24, 2.45) is 4.99 Å². The minimum Gasteiger partial charge on any atom is -0.357 e. The molecule has 26 heavy (non-hydrogen) atoms. The Hall–Kier alpha value is -1.31. The summed E-state index contributed by atoms with van der Waals surface area (Å²) in [5.74, 6) is 2.00. The molecule has 0 spiro atoms. The largest absolute Gasteiger partial charge is 0.357 e. The molecule has 1 aliphatic heterocycles. The van der Waals surface area contributed by atoms with Gasteiger partial charge in [-0.3, -0.25) is 0 Å². The van der Waals surface area contributed by atoms with Crippen molar-refractivity contribution in [1.29, 1.82) is 0 Å². The van der Waals surface area contributed by atoms with E-state index >= 15 is 0 Å². The highest BCUT2D eigenvalue weighted by molar-refractivity contribution is 14.0. The number of nitrogens with zero attached hydrogens (tertiary/aromatic N) is 3. The quantitative estimate of drug-likeness (QED) is 0.298. The number of guanidine groups is 1. The number of nitrogens with one attached hydrogen (secondary N) is 2. The summed E-state index contributed by atoms with van der Waals surface area (Å²) in [6.45, 7) is 5.89. The molecule has 6 heteroatoms. The van der Waals surface area contributed by atoms with Gasteiger partial charge in [-0.15, -0.1) is 24.0 Å². The van der Waals surface area contributed by atoms with E-state index in [0.717, 1.165) is 49.8 Å². The van der Waals surface area contributed by atoms with Crippen LogP contribution in [0.2, 0.25) is 0 Å². The fourth-order valence-corrected chi connectivity index (χ4v) is 3.42. The molecular weight excluding hydrogens is 437 g/mol. The van der Waals surface area contributed by atoms with E-state index in [4.69, 9.17) is 4.99 Å². The molecule has 144 valence electrons. The molecule has 0 atom stereocenters. The van der Waals surface area contributed by atoms with Gasteiger partial charge in [0.05, 0.1) is 6.54 Å². The summed E-state index contributed by atoms with van der Waals surface area (Å²) in [6.07, 6.45) is 13.8. The Kier molecular flexibility index (Phi) is 9.22. The number of pyridine rings is 1. The molecule has 2 heterocycles. The number of rotatable bonds is 5. The molecule has 2 aliphatic rings.